The van der Waals surface area contributed by atoms with Crippen LogP contribution in [0.1, 0.15) is 6.42 Å². The largest absolute Gasteiger partial charge is 0.294 e. The average Bonchev–Trinajstić information content (AvgIpc) is 2.03. The van der Waals surface area contributed by atoms with Gasteiger partial charge in [-0.25, -0.2) is 0 Å². The van der Waals surface area contributed by atoms with Gasteiger partial charge in [-0.3, -0.25) is 4.79 Å². The van der Waals surface area contributed by atoms with Crippen LogP contribution in [0.15, 0.2) is 33.9 Å². The maximum absolute atomic E-state index is 10.7. The normalized spacial score (nSPS) is 16.9. The molecule has 0 aromatic heterocycles. The first-order chi connectivity index (χ1) is 5.26. The Balaban J connectivity index is 2.96. The minimum atomic E-state index is -0.322. The second-order valence-electron chi connectivity index (χ2n) is 2.03. The van der Waals surface area contributed by atoms with Gasteiger partial charge in [0.15, 0.2) is 5.78 Å². The number of rotatable bonds is 2. The summed E-state index contributed by atoms with van der Waals surface area (Å²) in [7, 11) is 0. The lowest BCUT2D eigenvalue weighted by molar-refractivity contribution is -0.114. The highest BCUT2D eigenvalue weighted by molar-refractivity contribution is 5.93. The lowest BCUT2D eigenvalue weighted by atomic mass is 10.1. The van der Waals surface area contributed by atoms with Gasteiger partial charge >= 0.3 is 0 Å². The molecule has 1 rings (SSSR count). The van der Waals surface area contributed by atoms with Gasteiger partial charge in [0, 0.05) is 6.08 Å². The first-order valence-corrected chi connectivity index (χ1v) is 2.88. The average molecular weight is 152 g/mol. The third kappa shape index (κ3) is 1.64. The Morgan fingerprint density at radius 1 is 1.18 bits per heavy atom. The van der Waals surface area contributed by atoms with Gasteiger partial charge in [-0.15, -0.1) is 9.81 Å². The van der Waals surface area contributed by atoms with Crippen molar-refractivity contribution >= 4 is 5.78 Å². The number of carbonyl (C=O) groups is 1. The number of hydrogen-bond donors (Lipinski definition) is 0. The van der Waals surface area contributed by atoms with E-state index < -0.39 is 0 Å². The molecular weight excluding hydrogens is 148 g/mol. The Morgan fingerprint density at radius 3 is 2.45 bits per heavy atom. The molecule has 0 aromatic rings. The van der Waals surface area contributed by atoms with Gasteiger partial charge in [0.25, 0.3) is 0 Å². The molecule has 0 spiro atoms. The predicted molar refractivity (Wildman–Crippen MR) is 37.4 cm³/mol. The Bertz CT molecular complexity index is 278. The highest BCUT2D eigenvalue weighted by atomic mass is 16.3. The first kappa shape index (κ1) is 7.46. The molecule has 0 unspecified atom stereocenters. The summed E-state index contributed by atoms with van der Waals surface area (Å²) in [6, 6.07) is 0. The molecule has 0 aromatic carbocycles. The third-order valence-electron chi connectivity index (χ3n) is 1.20. The van der Waals surface area contributed by atoms with Crippen LogP contribution in [0.2, 0.25) is 0 Å². The molecule has 0 aliphatic heterocycles. The van der Waals surface area contributed by atoms with Crippen molar-refractivity contribution in [2.75, 3.05) is 0 Å². The van der Waals surface area contributed by atoms with E-state index in [0.717, 1.165) is 6.08 Å². The monoisotopic (exact) mass is 152 g/mol. The lowest BCUT2D eigenvalue weighted by Gasteiger charge is -1.99. The van der Waals surface area contributed by atoms with Crippen molar-refractivity contribution in [3.05, 3.63) is 33.4 Å². The molecule has 0 bridgehead atoms. The predicted octanol–water partition coefficient (Wildman–Crippen LogP) is 1.26. The molecule has 1 aliphatic carbocycles. The summed E-state index contributed by atoms with van der Waals surface area (Å²) >= 11 is 0. The van der Waals surface area contributed by atoms with Gasteiger partial charge in [0.05, 0.1) is 12.1 Å². The van der Waals surface area contributed by atoms with E-state index in [1.807, 2.05) is 0 Å². The van der Waals surface area contributed by atoms with Crippen molar-refractivity contribution in [1.82, 2.24) is 0 Å². The molecule has 0 fully saturated rings. The number of allylic oxidation sites excluding steroid dienone is 3. The van der Waals surface area contributed by atoms with Gasteiger partial charge in [-0.2, -0.15) is 0 Å². The number of carbonyl (C=O) groups excluding carboxylic acids is 1. The third-order valence-corrected chi connectivity index (χ3v) is 1.20. The smallest absolute Gasteiger partial charge is 0.164 e. The summed E-state index contributed by atoms with van der Waals surface area (Å²) in [5.41, 5.74) is 0.00273. The molecular formula is C6H4N2O3. The van der Waals surface area contributed by atoms with Gasteiger partial charge in [-0.1, -0.05) is 0 Å². The van der Waals surface area contributed by atoms with E-state index in [4.69, 9.17) is 0 Å². The summed E-state index contributed by atoms with van der Waals surface area (Å²) in [5.74, 6) is -0.322. The molecule has 0 radical (unpaired) electrons. The Hall–Kier alpha value is -1.65. The fraction of sp³-hybridized carbons (Fsp3) is 0.167. The van der Waals surface area contributed by atoms with Crippen molar-refractivity contribution in [3.63, 3.8) is 0 Å². The van der Waals surface area contributed by atoms with Crippen molar-refractivity contribution in [3.8, 4) is 0 Å². The summed E-state index contributed by atoms with van der Waals surface area (Å²) in [6.07, 6.45) is 2.24. The summed E-state index contributed by atoms with van der Waals surface area (Å²) < 4.78 is 0. The second-order valence-corrected chi connectivity index (χ2v) is 2.03. The van der Waals surface area contributed by atoms with E-state index in [9.17, 15) is 14.6 Å². The van der Waals surface area contributed by atoms with Crippen LogP contribution in [-0.2, 0) is 4.79 Å². The van der Waals surface area contributed by atoms with E-state index in [0.29, 0.717) is 0 Å². The van der Waals surface area contributed by atoms with E-state index in [1.165, 1.54) is 6.08 Å². The SMILES string of the molecule is O=NC1=CC(=O)CC(N=O)=C1. The van der Waals surface area contributed by atoms with Crippen LogP contribution in [0.25, 0.3) is 0 Å². The van der Waals surface area contributed by atoms with E-state index in [1.54, 1.807) is 0 Å². The summed E-state index contributed by atoms with van der Waals surface area (Å²) in [6.45, 7) is 0. The molecule has 11 heavy (non-hydrogen) atoms. The second kappa shape index (κ2) is 2.96. The van der Waals surface area contributed by atoms with Gasteiger partial charge in [0.1, 0.15) is 5.70 Å². The van der Waals surface area contributed by atoms with Crippen molar-refractivity contribution < 1.29 is 4.79 Å². The highest BCUT2D eigenvalue weighted by Gasteiger charge is 2.12. The summed E-state index contributed by atoms with van der Waals surface area (Å²) in [4.78, 5) is 30.5. The van der Waals surface area contributed by atoms with Crippen LogP contribution in [0.4, 0.5) is 0 Å². The topological polar surface area (TPSA) is 75.9 Å². The minimum absolute atomic E-state index is 0.0392. The molecule has 0 saturated carbocycles. The molecule has 5 nitrogen and oxygen atoms in total. The Morgan fingerprint density at radius 2 is 1.91 bits per heavy atom. The van der Waals surface area contributed by atoms with Gasteiger partial charge < -0.3 is 0 Å². The van der Waals surface area contributed by atoms with Crippen LogP contribution in [-0.4, -0.2) is 5.78 Å². The fourth-order valence-corrected chi connectivity index (χ4v) is 0.769. The molecule has 0 amide bonds. The molecule has 1 aliphatic rings. The zero-order valence-corrected chi connectivity index (χ0v) is 5.48. The minimum Gasteiger partial charge on any atom is -0.294 e. The van der Waals surface area contributed by atoms with E-state index >= 15 is 0 Å². The molecule has 0 atom stereocenters. The fourth-order valence-electron chi connectivity index (χ4n) is 0.769. The van der Waals surface area contributed by atoms with E-state index in [-0.39, 0.29) is 23.6 Å². The van der Waals surface area contributed by atoms with E-state index in [2.05, 4.69) is 10.4 Å². The molecule has 0 saturated heterocycles. The van der Waals surface area contributed by atoms with Crippen LogP contribution in [0.3, 0.4) is 0 Å². The number of hydrogen-bond acceptors (Lipinski definition) is 5. The Kier molecular flexibility index (Phi) is 2.00. The Labute approximate surface area is 61.7 Å². The maximum Gasteiger partial charge on any atom is 0.164 e. The summed E-state index contributed by atoms with van der Waals surface area (Å²) in [5, 5.41) is 5.06. The number of nitroso groups, excluding NO2 is 2. The number of nitrogens with zero attached hydrogens (tertiary/aromatic N) is 2. The van der Waals surface area contributed by atoms with Crippen LogP contribution >= 0.6 is 0 Å². The highest BCUT2D eigenvalue weighted by Crippen LogP contribution is 2.15. The molecule has 0 N–H and O–H groups in total. The van der Waals surface area contributed by atoms with Crippen LogP contribution < -0.4 is 0 Å². The number of ketones is 1. The van der Waals surface area contributed by atoms with Crippen molar-refractivity contribution in [2.45, 2.75) is 6.42 Å². The van der Waals surface area contributed by atoms with Crippen LogP contribution in [0.5, 0.6) is 0 Å². The first-order valence-electron chi connectivity index (χ1n) is 2.88. The van der Waals surface area contributed by atoms with Crippen LogP contribution in [0, 0.1) is 9.81 Å². The van der Waals surface area contributed by atoms with Crippen molar-refractivity contribution in [2.24, 2.45) is 10.4 Å². The maximum atomic E-state index is 10.7. The quantitative estimate of drug-likeness (QED) is 0.559. The molecule has 0 heterocycles. The zero-order chi connectivity index (χ0) is 8.27. The van der Waals surface area contributed by atoms with Crippen molar-refractivity contribution in [1.29, 1.82) is 0 Å². The lowest BCUT2D eigenvalue weighted by Crippen LogP contribution is -2.00. The van der Waals surface area contributed by atoms with Gasteiger partial charge in [-0.05, 0) is 16.4 Å². The molecule has 5 heteroatoms. The zero-order valence-electron chi connectivity index (χ0n) is 5.48. The van der Waals surface area contributed by atoms with Gasteiger partial charge in [0.2, 0.25) is 0 Å². The standard InChI is InChI=1S/C6H4N2O3/c9-6-2-4(7-10)1-5(3-6)8-11/h1-2H,3H2. The molecule has 56 valence electrons.